The molecular weight excluding hydrogens is 304 g/mol. The van der Waals surface area contributed by atoms with Gasteiger partial charge in [-0.1, -0.05) is 24.1 Å². The standard InChI is InChI=1S/C19H22N2OS/c1-2-12-22-18-6-4-3-5-16(18)14-20-9-11-21-10-7-19-17(15-21)8-13-23-19/h1,3-6,8,13,20H,7,9-12,14-15H2. The molecule has 4 heteroatoms. The van der Waals surface area contributed by atoms with E-state index in [1.54, 1.807) is 4.88 Å². The molecule has 0 radical (unpaired) electrons. The summed E-state index contributed by atoms with van der Waals surface area (Å²) in [5.74, 6) is 3.39. The first-order valence-electron chi connectivity index (χ1n) is 7.99. The van der Waals surface area contributed by atoms with E-state index in [2.05, 4.69) is 33.6 Å². The largest absolute Gasteiger partial charge is 0.481 e. The molecule has 1 aliphatic rings. The maximum atomic E-state index is 5.58. The monoisotopic (exact) mass is 326 g/mol. The van der Waals surface area contributed by atoms with Gasteiger partial charge in [0.25, 0.3) is 0 Å². The molecular formula is C19H22N2OS. The number of terminal acetylenes is 1. The second-order valence-electron chi connectivity index (χ2n) is 5.67. The van der Waals surface area contributed by atoms with Gasteiger partial charge in [-0.25, -0.2) is 0 Å². The van der Waals surface area contributed by atoms with Crippen molar-refractivity contribution in [2.75, 3.05) is 26.2 Å². The van der Waals surface area contributed by atoms with Crippen molar-refractivity contribution < 1.29 is 4.74 Å². The van der Waals surface area contributed by atoms with Crippen molar-refractivity contribution in [3.8, 4) is 18.1 Å². The van der Waals surface area contributed by atoms with Crippen molar-refractivity contribution in [3.63, 3.8) is 0 Å². The van der Waals surface area contributed by atoms with Crippen LogP contribution < -0.4 is 10.1 Å². The highest BCUT2D eigenvalue weighted by atomic mass is 32.1. The van der Waals surface area contributed by atoms with E-state index in [1.807, 2.05) is 29.5 Å². The smallest absolute Gasteiger partial charge is 0.148 e. The Bertz CT molecular complexity index is 674. The lowest BCUT2D eigenvalue weighted by Crippen LogP contribution is -2.35. The van der Waals surface area contributed by atoms with E-state index in [0.717, 1.165) is 44.0 Å². The van der Waals surface area contributed by atoms with Crippen molar-refractivity contribution in [1.82, 2.24) is 10.2 Å². The van der Waals surface area contributed by atoms with Gasteiger partial charge in [0.05, 0.1) is 0 Å². The maximum Gasteiger partial charge on any atom is 0.148 e. The molecule has 23 heavy (non-hydrogen) atoms. The van der Waals surface area contributed by atoms with Gasteiger partial charge in [0.15, 0.2) is 0 Å². The van der Waals surface area contributed by atoms with Crippen LogP contribution in [-0.4, -0.2) is 31.1 Å². The molecule has 1 N–H and O–H groups in total. The van der Waals surface area contributed by atoms with Gasteiger partial charge in [-0.3, -0.25) is 4.90 Å². The lowest BCUT2D eigenvalue weighted by atomic mass is 10.1. The fraction of sp³-hybridized carbons (Fsp3) is 0.368. The maximum absolute atomic E-state index is 5.58. The number of nitrogens with one attached hydrogen (secondary N) is 1. The summed E-state index contributed by atoms with van der Waals surface area (Å²) in [4.78, 5) is 4.08. The molecule has 0 saturated carbocycles. The summed E-state index contributed by atoms with van der Waals surface area (Å²) >= 11 is 1.89. The SMILES string of the molecule is C#CCOc1ccccc1CNCCN1CCc2sccc2C1. The van der Waals surface area contributed by atoms with Gasteiger partial charge in [0.1, 0.15) is 12.4 Å². The molecule has 1 aromatic carbocycles. The number of ether oxygens (including phenoxy) is 1. The summed E-state index contributed by atoms with van der Waals surface area (Å²) < 4.78 is 5.58. The van der Waals surface area contributed by atoms with Crippen LogP contribution in [-0.2, 0) is 19.5 Å². The molecule has 3 nitrogen and oxygen atoms in total. The molecule has 1 aliphatic heterocycles. The minimum Gasteiger partial charge on any atom is -0.481 e. The number of fused-ring (bicyclic) bond motifs is 1. The molecule has 0 unspecified atom stereocenters. The third kappa shape index (κ3) is 4.35. The zero-order chi connectivity index (χ0) is 15.9. The van der Waals surface area contributed by atoms with Gasteiger partial charge < -0.3 is 10.1 Å². The molecule has 1 aromatic heterocycles. The number of thiophene rings is 1. The molecule has 0 saturated heterocycles. The number of hydrogen-bond donors (Lipinski definition) is 1. The minimum absolute atomic E-state index is 0.313. The third-order valence-electron chi connectivity index (χ3n) is 4.09. The van der Waals surface area contributed by atoms with Gasteiger partial charge in [-0.2, -0.15) is 0 Å². The van der Waals surface area contributed by atoms with Crippen LogP contribution in [0.2, 0.25) is 0 Å². The molecule has 0 bridgehead atoms. The Balaban J connectivity index is 1.43. The number of hydrogen-bond acceptors (Lipinski definition) is 4. The first kappa shape index (κ1) is 16.1. The molecule has 2 heterocycles. The molecule has 0 fully saturated rings. The van der Waals surface area contributed by atoms with Crippen LogP contribution in [0.3, 0.4) is 0 Å². The van der Waals surface area contributed by atoms with E-state index in [9.17, 15) is 0 Å². The zero-order valence-corrected chi connectivity index (χ0v) is 14.1. The van der Waals surface area contributed by atoms with Crippen molar-refractivity contribution in [1.29, 1.82) is 0 Å². The minimum atomic E-state index is 0.313. The Labute approximate surface area is 142 Å². The summed E-state index contributed by atoms with van der Waals surface area (Å²) in [5, 5.41) is 5.72. The summed E-state index contributed by atoms with van der Waals surface area (Å²) in [5.41, 5.74) is 2.66. The van der Waals surface area contributed by atoms with Gasteiger partial charge >= 0.3 is 0 Å². The Morgan fingerprint density at radius 1 is 1.30 bits per heavy atom. The molecule has 3 rings (SSSR count). The van der Waals surface area contributed by atoms with Crippen LogP contribution in [0.1, 0.15) is 16.0 Å². The van der Waals surface area contributed by atoms with Gasteiger partial charge in [0, 0.05) is 43.2 Å². The van der Waals surface area contributed by atoms with E-state index in [1.165, 1.54) is 12.0 Å². The fourth-order valence-electron chi connectivity index (χ4n) is 2.87. The molecule has 2 aromatic rings. The average Bonchev–Trinajstić information content (AvgIpc) is 3.05. The molecule has 0 spiro atoms. The van der Waals surface area contributed by atoms with Crippen molar-refractivity contribution >= 4 is 11.3 Å². The molecule has 0 aliphatic carbocycles. The number of para-hydroxylation sites is 1. The molecule has 120 valence electrons. The number of rotatable bonds is 7. The number of benzene rings is 1. The molecule has 0 amide bonds. The fourth-order valence-corrected chi connectivity index (χ4v) is 3.76. The predicted octanol–water partition coefficient (Wildman–Crippen LogP) is 2.91. The Morgan fingerprint density at radius 2 is 2.22 bits per heavy atom. The van der Waals surface area contributed by atoms with Crippen LogP contribution >= 0.6 is 11.3 Å². The quantitative estimate of drug-likeness (QED) is 0.625. The van der Waals surface area contributed by atoms with Gasteiger partial charge in [-0.05, 0) is 29.5 Å². The van der Waals surface area contributed by atoms with Crippen molar-refractivity contribution in [2.45, 2.75) is 19.5 Å². The van der Waals surface area contributed by atoms with Gasteiger partial charge in [0.2, 0.25) is 0 Å². The van der Waals surface area contributed by atoms with Crippen LogP contribution in [0.5, 0.6) is 5.75 Å². The van der Waals surface area contributed by atoms with E-state index >= 15 is 0 Å². The second-order valence-corrected chi connectivity index (χ2v) is 6.67. The summed E-state index contributed by atoms with van der Waals surface area (Å²) in [6.45, 7) is 5.41. The van der Waals surface area contributed by atoms with E-state index in [0.29, 0.717) is 6.61 Å². The van der Waals surface area contributed by atoms with Gasteiger partial charge in [-0.15, -0.1) is 17.8 Å². The Hall–Kier alpha value is -1.80. The normalized spacial score (nSPS) is 14.2. The lowest BCUT2D eigenvalue weighted by molar-refractivity contribution is 0.255. The summed E-state index contributed by atoms with van der Waals surface area (Å²) in [6.07, 6.45) is 6.45. The highest BCUT2D eigenvalue weighted by molar-refractivity contribution is 7.10. The topological polar surface area (TPSA) is 24.5 Å². The van der Waals surface area contributed by atoms with Crippen LogP contribution in [0, 0.1) is 12.3 Å². The molecule has 0 atom stereocenters. The third-order valence-corrected chi connectivity index (χ3v) is 5.11. The summed E-state index contributed by atoms with van der Waals surface area (Å²) in [6, 6.07) is 10.3. The average molecular weight is 326 g/mol. The Morgan fingerprint density at radius 3 is 3.13 bits per heavy atom. The van der Waals surface area contributed by atoms with Crippen LogP contribution in [0.15, 0.2) is 35.7 Å². The van der Waals surface area contributed by atoms with Crippen molar-refractivity contribution in [3.05, 3.63) is 51.7 Å². The first-order chi connectivity index (χ1) is 11.4. The zero-order valence-electron chi connectivity index (χ0n) is 13.3. The summed E-state index contributed by atoms with van der Waals surface area (Å²) in [7, 11) is 0. The predicted molar refractivity (Wildman–Crippen MR) is 95.8 cm³/mol. The van der Waals surface area contributed by atoms with E-state index < -0.39 is 0 Å². The highest BCUT2D eigenvalue weighted by Crippen LogP contribution is 2.23. The first-order valence-corrected chi connectivity index (χ1v) is 8.87. The number of nitrogens with zero attached hydrogens (tertiary/aromatic N) is 1. The van der Waals surface area contributed by atoms with E-state index in [4.69, 9.17) is 11.2 Å². The lowest BCUT2D eigenvalue weighted by Gasteiger charge is -2.26. The second kappa shape index (κ2) is 8.16. The van der Waals surface area contributed by atoms with Crippen LogP contribution in [0.25, 0.3) is 0 Å². The van der Waals surface area contributed by atoms with E-state index in [-0.39, 0.29) is 0 Å². The van der Waals surface area contributed by atoms with Crippen LogP contribution in [0.4, 0.5) is 0 Å². The highest BCUT2D eigenvalue weighted by Gasteiger charge is 2.16. The Kier molecular flexibility index (Phi) is 5.71. The van der Waals surface area contributed by atoms with Crippen molar-refractivity contribution in [2.24, 2.45) is 0 Å².